The van der Waals surface area contributed by atoms with Crippen molar-refractivity contribution in [3.8, 4) is 0 Å². The standard InChI is InChI=1S/C21H26ClNO/c1-23(2)20-9-4-3-7-16(20)15-18-8-5-6-14-21(18,24)17-10-12-19(22)13-11-17/h3-4,7,9-13,18,24H,5-6,8,14-15H2,1-2H3. The molecule has 1 fully saturated rings. The van der Waals surface area contributed by atoms with Crippen LogP contribution in [0.4, 0.5) is 5.69 Å². The van der Waals surface area contributed by atoms with E-state index in [0.717, 1.165) is 31.2 Å². The van der Waals surface area contributed by atoms with E-state index in [9.17, 15) is 5.11 Å². The highest BCUT2D eigenvalue weighted by molar-refractivity contribution is 6.30. The molecular weight excluding hydrogens is 318 g/mol. The molecule has 2 aromatic rings. The number of halogens is 1. The predicted octanol–water partition coefficient (Wildman–Crippen LogP) is 5.03. The summed E-state index contributed by atoms with van der Waals surface area (Å²) in [6, 6.07) is 16.2. The summed E-state index contributed by atoms with van der Waals surface area (Å²) >= 11 is 6.03. The molecule has 0 heterocycles. The van der Waals surface area contributed by atoms with Crippen molar-refractivity contribution in [3.05, 3.63) is 64.7 Å². The maximum Gasteiger partial charge on any atom is 0.0927 e. The molecule has 1 aliphatic rings. The van der Waals surface area contributed by atoms with E-state index >= 15 is 0 Å². The van der Waals surface area contributed by atoms with E-state index in [1.54, 1.807) is 0 Å². The number of nitrogens with zero attached hydrogens (tertiary/aromatic N) is 1. The minimum absolute atomic E-state index is 0.230. The molecule has 0 amide bonds. The third-order valence-electron chi connectivity index (χ3n) is 5.32. The van der Waals surface area contributed by atoms with Crippen molar-refractivity contribution < 1.29 is 5.11 Å². The lowest BCUT2D eigenvalue weighted by Crippen LogP contribution is -2.39. The smallest absolute Gasteiger partial charge is 0.0927 e. The topological polar surface area (TPSA) is 23.5 Å². The number of hydrogen-bond donors (Lipinski definition) is 1. The zero-order valence-electron chi connectivity index (χ0n) is 14.5. The Kier molecular flexibility index (Phi) is 5.17. The third-order valence-corrected chi connectivity index (χ3v) is 5.57. The van der Waals surface area contributed by atoms with Gasteiger partial charge in [0.1, 0.15) is 0 Å². The van der Waals surface area contributed by atoms with Gasteiger partial charge in [-0.1, -0.05) is 54.8 Å². The molecule has 24 heavy (non-hydrogen) atoms. The van der Waals surface area contributed by atoms with E-state index < -0.39 is 5.60 Å². The summed E-state index contributed by atoms with van der Waals surface area (Å²) < 4.78 is 0. The van der Waals surface area contributed by atoms with Crippen LogP contribution in [0.15, 0.2) is 48.5 Å². The Hall–Kier alpha value is -1.51. The summed E-state index contributed by atoms with van der Waals surface area (Å²) in [5.41, 5.74) is 2.78. The first-order valence-corrected chi connectivity index (χ1v) is 9.12. The average Bonchev–Trinajstić information content (AvgIpc) is 2.58. The zero-order chi connectivity index (χ0) is 17.2. The molecule has 0 radical (unpaired) electrons. The van der Waals surface area contributed by atoms with E-state index in [1.807, 2.05) is 24.3 Å². The Bertz CT molecular complexity index is 682. The van der Waals surface area contributed by atoms with Gasteiger partial charge >= 0.3 is 0 Å². The molecule has 1 saturated carbocycles. The van der Waals surface area contributed by atoms with Crippen LogP contribution in [0.3, 0.4) is 0 Å². The average molecular weight is 344 g/mol. The fraction of sp³-hybridized carbons (Fsp3) is 0.429. The Morgan fingerprint density at radius 3 is 2.50 bits per heavy atom. The van der Waals surface area contributed by atoms with Crippen LogP contribution in [-0.4, -0.2) is 19.2 Å². The minimum atomic E-state index is -0.762. The van der Waals surface area contributed by atoms with Gasteiger partial charge in [0.25, 0.3) is 0 Å². The van der Waals surface area contributed by atoms with Crippen molar-refractivity contribution in [3.63, 3.8) is 0 Å². The second-order valence-electron chi connectivity index (χ2n) is 7.10. The Labute approximate surface area is 150 Å². The lowest BCUT2D eigenvalue weighted by atomic mass is 9.69. The highest BCUT2D eigenvalue weighted by atomic mass is 35.5. The molecule has 0 spiro atoms. The van der Waals surface area contributed by atoms with Gasteiger partial charge < -0.3 is 10.0 Å². The van der Waals surface area contributed by atoms with E-state index in [1.165, 1.54) is 17.7 Å². The monoisotopic (exact) mass is 343 g/mol. The summed E-state index contributed by atoms with van der Waals surface area (Å²) in [4.78, 5) is 2.15. The maximum atomic E-state index is 11.5. The second kappa shape index (κ2) is 7.16. The van der Waals surface area contributed by atoms with E-state index in [-0.39, 0.29) is 5.92 Å². The molecule has 1 N–H and O–H groups in total. The summed E-state index contributed by atoms with van der Waals surface area (Å²) in [6.45, 7) is 0. The summed E-state index contributed by atoms with van der Waals surface area (Å²) in [7, 11) is 4.15. The van der Waals surface area contributed by atoms with Crippen LogP contribution in [0, 0.1) is 5.92 Å². The molecule has 0 bridgehead atoms. The fourth-order valence-electron chi connectivity index (χ4n) is 4.00. The number of para-hydroxylation sites is 1. The van der Waals surface area contributed by atoms with Gasteiger partial charge in [0.05, 0.1) is 5.60 Å². The van der Waals surface area contributed by atoms with Crippen molar-refractivity contribution >= 4 is 17.3 Å². The zero-order valence-corrected chi connectivity index (χ0v) is 15.3. The van der Waals surface area contributed by atoms with Crippen LogP contribution in [0.25, 0.3) is 0 Å². The molecule has 3 rings (SSSR count). The van der Waals surface area contributed by atoms with Crippen molar-refractivity contribution in [2.24, 2.45) is 5.92 Å². The van der Waals surface area contributed by atoms with Crippen LogP contribution in [0.2, 0.25) is 5.02 Å². The molecule has 2 unspecified atom stereocenters. The number of aliphatic hydroxyl groups is 1. The number of benzene rings is 2. The predicted molar refractivity (Wildman–Crippen MR) is 102 cm³/mol. The fourth-order valence-corrected chi connectivity index (χ4v) is 4.13. The molecule has 2 nitrogen and oxygen atoms in total. The summed E-state index contributed by atoms with van der Waals surface area (Å²) in [5.74, 6) is 0.230. The number of hydrogen-bond acceptors (Lipinski definition) is 2. The minimum Gasteiger partial charge on any atom is -0.385 e. The van der Waals surface area contributed by atoms with Gasteiger partial charge in [0.2, 0.25) is 0 Å². The normalized spacial score (nSPS) is 23.9. The van der Waals surface area contributed by atoms with Crippen LogP contribution >= 0.6 is 11.6 Å². The molecule has 3 heteroatoms. The van der Waals surface area contributed by atoms with E-state index in [0.29, 0.717) is 5.02 Å². The Morgan fingerprint density at radius 2 is 1.79 bits per heavy atom. The second-order valence-corrected chi connectivity index (χ2v) is 7.54. The van der Waals surface area contributed by atoms with Gasteiger partial charge in [-0.3, -0.25) is 0 Å². The van der Waals surface area contributed by atoms with Crippen LogP contribution in [0.5, 0.6) is 0 Å². The maximum absolute atomic E-state index is 11.5. The molecule has 1 aliphatic carbocycles. The van der Waals surface area contributed by atoms with Gasteiger partial charge in [0, 0.05) is 24.8 Å². The Balaban J connectivity index is 1.92. The highest BCUT2D eigenvalue weighted by Crippen LogP contribution is 2.44. The molecular formula is C21H26ClNO. The van der Waals surface area contributed by atoms with Crippen molar-refractivity contribution in [1.29, 1.82) is 0 Å². The third kappa shape index (κ3) is 3.45. The van der Waals surface area contributed by atoms with Gasteiger partial charge in [-0.15, -0.1) is 0 Å². The van der Waals surface area contributed by atoms with Crippen LogP contribution < -0.4 is 4.90 Å². The quantitative estimate of drug-likeness (QED) is 0.841. The largest absolute Gasteiger partial charge is 0.385 e. The van der Waals surface area contributed by atoms with Gasteiger partial charge in [-0.2, -0.15) is 0 Å². The van der Waals surface area contributed by atoms with Crippen LogP contribution in [0.1, 0.15) is 36.8 Å². The van der Waals surface area contributed by atoms with Gasteiger partial charge in [-0.25, -0.2) is 0 Å². The van der Waals surface area contributed by atoms with Gasteiger partial charge in [0.15, 0.2) is 0 Å². The van der Waals surface area contributed by atoms with E-state index in [4.69, 9.17) is 11.6 Å². The number of rotatable bonds is 4. The molecule has 128 valence electrons. The highest BCUT2D eigenvalue weighted by Gasteiger charge is 2.40. The first-order chi connectivity index (χ1) is 11.5. The van der Waals surface area contributed by atoms with Gasteiger partial charge in [-0.05, 0) is 54.5 Å². The van der Waals surface area contributed by atoms with E-state index in [2.05, 4.69) is 43.3 Å². The lowest BCUT2D eigenvalue weighted by Gasteiger charge is -2.41. The van der Waals surface area contributed by atoms with Crippen LogP contribution in [-0.2, 0) is 12.0 Å². The molecule has 2 atom stereocenters. The first-order valence-electron chi connectivity index (χ1n) is 8.74. The molecule has 0 aromatic heterocycles. The molecule has 2 aromatic carbocycles. The lowest BCUT2D eigenvalue weighted by molar-refractivity contribution is -0.0542. The summed E-state index contributed by atoms with van der Waals surface area (Å²) in [6.07, 6.45) is 5.04. The first kappa shape index (κ1) is 17.3. The summed E-state index contributed by atoms with van der Waals surface area (Å²) in [5, 5.41) is 12.2. The molecule has 0 aliphatic heterocycles. The Morgan fingerprint density at radius 1 is 1.08 bits per heavy atom. The number of anilines is 1. The molecule has 0 saturated heterocycles. The SMILES string of the molecule is CN(C)c1ccccc1CC1CCCCC1(O)c1ccc(Cl)cc1. The van der Waals surface area contributed by atoms with Crippen molar-refractivity contribution in [2.75, 3.05) is 19.0 Å². The van der Waals surface area contributed by atoms with Crippen molar-refractivity contribution in [2.45, 2.75) is 37.7 Å². The van der Waals surface area contributed by atoms with Crippen molar-refractivity contribution in [1.82, 2.24) is 0 Å².